The van der Waals surface area contributed by atoms with Gasteiger partial charge < -0.3 is 19.4 Å². The highest BCUT2D eigenvalue weighted by Crippen LogP contribution is 2.12. The second-order valence-electron chi connectivity index (χ2n) is 6.24. The molecule has 1 aromatic carbocycles. The van der Waals surface area contributed by atoms with Gasteiger partial charge in [-0.1, -0.05) is 0 Å². The predicted molar refractivity (Wildman–Crippen MR) is 101 cm³/mol. The molecule has 0 radical (unpaired) electrons. The van der Waals surface area contributed by atoms with Crippen molar-refractivity contribution in [3.8, 4) is 0 Å². The van der Waals surface area contributed by atoms with E-state index in [0.717, 1.165) is 0 Å². The average molecular weight is 391 g/mol. The molecule has 1 aliphatic heterocycles. The highest BCUT2D eigenvalue weighted by molar-refractivity contribution is 7.71. The van der Waals surface area contributed by atoms with Crippen molar-refractivity contribution in [2.45, 2.75) is 19.4 Å². The molecule has 8 nitrogen and oxygen atoms in total. The SMILES string of the molecule is COC(=O)c1ccc2c(=O)n(CCCC(=O)N3CCOCC3)c(=S)[nH]c2c1. The second kappa shape index (κ2) is 8.45. The largest absolute Gasteiger partial charge is 0.465 e. The van der Waals surface area contributed by atoms with Gasteiger partial charge in [-0.3, -0.25) is 14.2 Å². The molecule has 0 saturated carbocycles. The molecule has 9 heteroatoms. The van der Waals surface area contributed by atoms with E-state index >= 15 is 0 Å². The second-order valence-corrected chi connectivity index (χ2v) is 6.62. The van der Waals surface area contributed by atoms with Gasteiger partial charge in [-0.25, -0.2) is 4.79 Å². The molecule has 1 aromatic heterocycles. The van der Waals surface area contributed by atoms with Gasteiger partial charge in [0.15, 0.2) is 4.77 Å². The molecule has 2 aromatic rings. The molecule has 3 rings (SSSR count). The summed E-state index contributed by atoms with van der Waals surface area (Å²) in [4.78, 5) is 41.3. The van der Waals surface area contributed by atoms with Gasteiger partial charge in [-0.2, -0.15) is 0 Å². The number of morpholine rings is 1. The Labute approximate surface area is 160 Å². The molecule has 1 saturated heterocycles. The number of carbonyl (C=O) groups is 2. The van der Waals surface area contributed by atoms with E-state index in [1.54, 1.807) is 23.1 Å². The highest BCUT2D eigenvalue weighted by atomic mass is 32.1. The lowest BCUT2D eigenvalue weighted by atomic mass is 10.1. The third kappa shape index (κ3) is 4.25. The van der Waals surface area contributed by atoms with Crippen LogP contribution in [0.4, 0.5) is 0 Å². The molecule has 144 valence electrons. The van der Waals surface area contributed by atoms with Gasteiger partial charge in [-0.15, -0.1) is 0 Å². The standard InChI is InChI=1S/C18H21N3O5S/c1-25-17(24)12-4-5-13-14(11-12)19-18(27)21(16(13)23)6-2-3-15(22)20-7-9-26-10-8-20/h4-5,11H,2-3,6-10H2,1H3,(H,19,27). The first kappa shape index (κ1) is 19.2. The average Bonchev–Trinajstić information content (AvgIpc) is 2.69. The van der Waals surface area contributed by atoms with Gasteiger partial charge in [-0.05, 0) is 36.8 Å². The zero-order valence-electron chi connectivity index (χ0n) is 15.0. The summed E-state index contributed by atoms with van der Waals surface area (Å²) in [5.41, 5.74) is 0.571. The molecule has 1 amide bonds. The molecular formula is C18H21N3O5S. The molecule has 0 aliphatic carbocycles. The lowest BCUT2D eigenvalue weighted by molar-refractivity contribution is -0.135. The number of H-pyrrole nitrogens is 1. The number of benzene rings is 1. The van der Waals surface area contributed by atoms with Gasteiger partial charge >= 0.3 is 5.97 Å². The lowest BCUT2D eigenvalue weighted by Crippen LogP contribution is -2.40. The molecule has 1 aliphatic rings. The lowest BCUT2D eigenvalue weighted by Gasteiger charge is -2.26. The molecule has 1 fully saturated rings. The van der Waals surface area contributed by atoms with Gasteiger partial charge in [0.25, 0.3) is 5.56 Å². The van der Waals surface area contributed by atoms with Crippen LogP contribution in [0.15, 0.2) is 23.0 Å². The summed E-state index contributed by atoms with van der Waals surface area (Å²) in [6, 6.07) is 4.66. The molecule has 0 bridgehead atoms. The number of aromatic nitrogens is 2. The number of carbonyl (C=O) groups excluding carboxylic acids is 2. The number of esters is 1. The number of methoxy groups -OCH3 is 1. The molecular weight excluding hydrogens is 370 g/mol. The smallest absolute Gasteiger partial charge is 0.337 e. The maximum absolute atomic E-state index is 12.7. The minimum absolute atomic E-state index is 0.0600. The number of aromatic amines is 1. The Morgan fingerprint density at radius 1 is 1.30 bits per heavy atom. The monoisotopic (exact) mass is 391 g/mol. The maximum atomic E-state index is 12.7. The number of nitrogens with one attached hydrogen (secondary N) is 1. The molecule has 1 N–H and O–H groups in total. The molecule has 27 heavy (non-hydrogen) atoms. The molecule has 0 unspecified atom stereocenters. The van der Waals surface area contributed by atoms with Crippen molar-refractivity contribution in [3.05, 3.63) is 38.9 Å². The van der Waals surface area contributed by atoms with Crippen molar-refractivity contribution in [1.29, 1.82) is 0 Å². The van der Waals surface area contributed by atoms with Crippen LogP contribution in [0.5, 0.6) is 0 Å². The van der Waals surface area contributed by atoms with E-state index < -0.39 is 5.97 Å². The number of nitrogens with zero attached hydrogens (tertiary/aromatic N) is 2. The van der Waals surface area contributed by atoms with E-state index in [-0.39, 0.29) is 16.2 Å². The van der Waals surface area contributed by atoms with Crippen LogP contribution in [0.2, 0.25) is 0 Å². The van der Waals surface area contributed by atoms with Gasteiger partial charge in [0.1, 0.15) is 0 Å². The van der Waals surface area contributed by atoms with Gasteiger partial charge in [0, 0.05) is 26.1 Å². The minimum Gasteiger partial charge on any atom is -0.465 e. The summed E-state index contributed by atoms with van der Waals surface area (Å²) < 4.78 is 11.6. The number of rotatable bonds is 5. The summed E-state index contributed by atoms with van der Waals surface area (Å²) in [5.74, 6) is -0.424. The van der Waals surface area contributed by atoms with Crippen molar-refractivity contribution in [1.82, 2.24) is 14.5 Å². The first-order valence-corrected chi connectivity index (χ1v) is 9.13. The van der Waals surface area contributed by atoms with Crippen molar-refractivity contribution < 1.29 is 19.1 Å². The van der Waals surface area contributed by atoms with Crippen molar-refractivity contribution in [2.24, 2.45) is 0 Å². The van der Waals surface area contributed by atoms with Crippen molar-refractivity contribution in [2.75, 3.05) is 33.4 Å². The van der Waals surface area contributed by atoms with E-state index in [2.05, 4.69) is 9.72 Å². The predicted octanol–water partition coefficient (Wildman–Crippen LogP) is 1.48. The normalized spacial score (nSPS) is 14.3. The Balaban J connectivity index is 1.75. The summed E-state index contributed by atoms with van der Waals surface area (Å²) in [7, 11) is 1.30. The fourth-order valence-electron chi connectivity index (χ4n) is 3.06. The number of hydrogen-bond acceptors (Lipinski definition) is 6. The summed E-state index contributed by atoms with van der Waals surface area (Å²) in [6.07, 6.45) is 0.861. The van der Waals surface area contributed by atoms with E-state index in [4.69, 9.17) is 17.0 Å². The van der Waals surface area contributed by atoms with E-state index in [9.17, 15) is 14.4 Å². The molecule has 2 heterocycles. The van der Waals surface area contributed by atoms with Crippen LogP contribution in [0, 0.1) is 4.77 Å². The van der Waals surface area contributed by atoms with Crippen LogP contribution in [0.1, 0.15) is 23.2 Å². The highest BCUT2D eigenvalue weighted by Gasteiger charge is 2.16. The Bertz CT molecular complexity index is 975. The van der Waals surface area contributed by atoms with Crippen LogP contribution < -0.4 is 5.56 Å². The van der Waals surface area contributed by atoms with E-state index in [1.807, 2.05) is 0 Å². The Kier molecular flexibility index (Phi) is 6.02. The maximum Gasteiger partial charge on any atom is 0.337 e. The van der Waals surface area contributed by atoms with Crippen LogP contribution in [-0.2, 0) is 20.8 Å². The Morgan fingerprint density at radius 3 is 2.74 bits per heavy atom. The minimum atomic E-state index is -0.484. The first-order chi connectivity index (χ1) is 13.0. The topological polar surface area (TPSA) is 93.6 Å². The van der Waals surface area contributed by atoms with E-state index in [1.165, 1.54) is 11.7 Å². The third-order valence-electron chi connectivity index (χ3n) is 4.54. The zero-order valence-corrected chi connectivity index (χ0v) is 15.8. The van der Waals surface area contributed by atoms with Gasteiger partial charge in [0.2, 0.25) is 5.91 Å². The fraction of sp³-hybridized carbons (Fsp3) is 0.444. The van der Waals surface area contributed by atoms with Gasteiger partial charge in [0.05, 0.1) is 36.8 Å². The summed E-state index contributed by atoms with van der Waals surface area (Å²) in [6.45, 7) is 2.69. The quantitative estimate of drug-likeness (QED) is 0.613. The molecule has 0 atom stereocenters. The van der Waals surface area contributed by atoms with E-state index in [0.29, 0.717) is 62.2 Å². The summed E-state index contributed by atoms with van der Waals surface area (Å²) >= 11 is 5.29. The number of fused-ring (bicyclic) bond motifs is 1. The number of ether oxygens (including phenoxy) is 2. The number of hydrogen-bond donors (Lipinski definition) is 1. The van der Waals surface area contributed by atoms with Crippen LogP contribution in [0.3, 0.4) is 0 Å². The van der Waals surface area contributed by atoms with Crippen LogP contribution in [-0.4, -0.2) is 59.7 Å². The Hall–Kier alpha value is -2.52. The van der Waals surface area contributed by atoms with Crippen molar-refractivity contribution in [3.63, 3.8) is 0 Å². The zero-order chi connectivity index (χ0) is 19.4. The van der Waals surface area contributed by atoms with Crippen molar-refractivity contribution >= 4 is 35.0 Å². The fourth-order valence-corrected chi connectivity index (χ4v) is 3.35. The van der Waals surface area contributed by atoms with Crippen LogP contribution >= 0.6 is 12.2 Å². The Morgan fingerprint density at radius 2 is 2.04 bits per heavy atom. The summed E-state index contributed by atoms with van der Waals surface area (Å²) in [5, 5.41) is 0.427. The first-order valence-electron chi connectivity index (χ1n) is 8.72. The van der Waals surface area contributed by atoms with Crippen LogP contribution in [0.25, 0.3) is 10.9 Å². The number of amides is 1. The molecule has 0 spiro atoms. The third-order valence-corrected chi connectivity index (χ3v) is 4.86.